The van der Waals surface area contributed by atoms with Gasteiger partial charge in [-0.3, -0.25) is 4.98 Å². The molecule has 0 amide bonds. The number of aromatic nitrogens is 2. The fourth-order valence-corrected chi connectivity index (χ4v) is 2.71. The van der Waals surface area contributed by atoms with Crippen molar-refractivity contribution in [1.82, 2.24) is 4.98 Å². The van der Waals surface area contributed by atoms with Crippen molar-refractivity contribution in [3.63, 3.8) is 0 Å². The van der Waals surface area contributed by atoms with Crippen molar-refractivity contribution >= 4 is 0 Å². The van der Waals surface area contributed by atoms with Gasteiger partial charge in [-0.05, 0) is 36.5 Å². The van der Waals surface area contributed by atoms with Gasteiger partial charge in [-0.15, -0.1) is 0 Å². The van der Waals surface area contributed by atoms with Crippen LogP contribution in [0.3, 0.4) is 0 Å². The molecular formula is C17H21N2O+. The summed E-state index contributed by atoms with van der Waals surface area (Å²) in [4.78, 5) is 4.36. The molecule has 3 heteroatoms. The van der Waals surface area contributed by atoms with Crippen molar-refractivity contribution in [2.24, 2.45) is 0 Å². The van der Waals surface area contributed by atoms with Crippen LogP contribution in [-0.4, -0.2) is 18.2 Å². The van der Waals surface area contributed by atoms with E-state index in [1.54, 1.807) is 0 Å². The van der Waals surface area contributed by atoms with E-state index in [4.69, 9.17) is 4.74 Å². The maximum Gasteiger partial charge on any atom is 0.169 e. The van der Waals surface area contributed by atoms with Crippen LogP contribution in [0.15, 0.2) is 48.9 Å². The number of nitrogens with zero attached hydrogens (tertiary/aromatic N) is 2. The molecule has 3 nitrogen and oxygen atoms in total. The first-order chi connectivity index (χ1) is 9.92. The number of hydrogen-bond acceptors (Lipinski definition) is 2. The highest BCUT2D eigenvalue weighted by atomic mass is 16.5. The summed E-state index contributed by atoms with van der Waals surface area (Å²) in [7, 11) is 0. The Morgan fingerprint density at radius 1 is 1.10 bits per heavy atom. The zero-order chi connectivity index (χ0) is 13.6. The van der Waals surface area contributed by atoms with E-state index >= 15 is 0 Å². The number of hydrogen-bond donors (Lipinski definition) is 0. The summed E-state index contributed by atoms with van der Waals surface area (Å²) >= 11 is 0. The summed E-state index contributed by atoms with van der Waals surface area (Å²) in [5.41, 5.74) is 2.59. The molecule has 0 radical (unpaired) electrons. The van der Waals surface area contributed by atoms with Crippen LogP contribution in [0.1, 0.15) is 30.0 Å². The van der Waals surface area contributed by atoms with Crippen molar-refractivity contribution in [3.8, 4) is 0 Å². The second-order valence-corrected chi connectivity index (χ2v) is 5.33. The monoisotopic (exact) mass is 269 g/mol. The van der Waals surface area contributed by atoms with Gasteiger partial charge in [0.25, 0.3) is 0 Å². The summed E-state index contributed by atoms with van der Waals surface area (Å²) in [6.07, 6.45) is 9.51. The number of aryl methyl sites for hydroxylation is 2. The fraction of sp³-hybridized carbons (Fsp3) is 0.412. The largest absolute Gasteiger partial charge is 0.381 e. The molecule has 0 saturated carbocycles. The van der Waals surface area contributed by atoms with Crippen LogP contribution in [0.5, 0.6) is 0 Å². The van der Waals surface area contributed by atoms with E-state index in [0.717, 1.165) is 44.7 Å². The van der Waals surface area contributed by atoms with Gasteiger partial charge in [0.05, 0.1) is 0 Å². The van der Waals surface area contributed by atoms with Gasteiger partial charge in [0.15, 0.2) is 18.9 Å². The second kappa shape index (κ2) is 6.62. The molecule has 20 heavy (non-hydrogen) atoms. The highest BCUT2D eigenvalue weighted by Gasteiger charge is 2.16. The normalized spacial score (nSPS) is 16.2. The highest BCUT2D eigenvalue weighted by Crippen LogP contribution is 2.25. The predicted molar refractivity (Wildman–Crippen MR) is 77.4 cm³/mol. The average molecular weight is 269 g/mol. The van der Waals surface area contributed by atoms with E-state index in [2.05, 4.69) is 40.1 Å². The first-order valence-corrected chi connectivity index (χ1v) is 7.38. The SMILES string of the molecule is c1ccc(CC[n+]2ccc(C3CCOCC3)cc2)nc1. The molecule has 3 rings (SSSR count). The molecule has 104 valence electrons. The predicted octanol–water partition coefficient (Wildman–Crippen LogP) is 2.51. The molecule has 2 aromatic rings. The molecule has 0 aromatic carbocycles. The third-order valence-corrected chi connectivity index (χ3v) is 3.96. The van der Waals surface area contributed by atoms with Crippen LogP contribution in [0.4, 0.5) is 0 Å². The highest BCUT2D eigenvalue weighted by molar-refractivity contribution is 5.14. The van der Waals surface area contributed by atoms with Crippen molar-refractivity contribution in [2.75, 3.05) is 13.2 Å². The maximum absolute atomic E-state index is 5.42. The number of ether oxygens (including phenoxy) is 1. The Labute approximate surface area is 120 Å². The molecule has 0 aliphatic carbocycles. The fourth-order valence-electron chi connectivity index (χ4n) is 2.71. The molecule has 2 aromatic heterocycles. The maximum atomic E-state index is 5.42. The van der Waals surface area contributed by atoms with Gasteiger partial charge in [-0.2, -0.15) is 0 Å². The van der Waals surface area contributed by atoms with E-state index in [1.807, 2.05) is 18.3 Å². The van der Waals surface area contributed by atoms with Gasteiger partial charge in [0.2, 0.25) is 0 Å². The molecule has 0 N–H and O–H groups in total. The topological polar surface area (TPSA) is 26.0 Å². The summed E-state index contributed by atoms with van der Waals surface area (Å²) in [6.45, 7) is 2.78. The number of rotatable bonds is 4. The minimum atomic E-state index is 0.675. The summed E-state index contributed by atoms with van der Waals surface area (Å²) in [6, 6.07) is 10.6. The summed E-state index contributed by atoms with van der Waals surface area (Å²) in [5.74, 6) is 0.675. The molecule has 0 spiro atoms. The van der Waals surface area contributed by atoms with Crippen molar-refractivity contribution in [1.29, 1.82) is 0 Å². The zero-order valence-electron chi connectivity index (χ0n) is 11.7. The van der Waals surface area contributed by atoms with E-state index in [1.165, 1.54) is 5.56 Å². The lowest BCUT2D eigenvalue weighted by atomic mass is 9.93. The lowest BCUT2D eigenvalue weighted by Gasteiger charge is -2.21. The van der Waals surface area contributed by atoms with Crippen LogP contribution in [0.2, 0.25) is 0 Å². The minimum absolute atomic E-state index is 0.675. The number of pyridine rings is 2. The molecule has 1 saturated heterocycles. The molecule has 1 aliphatic heterocycles. The first kappa shape index (κ1) is 13.3. The Balaban J connectivity index is 1.58. The van der Waals surface area contributed by atoms with Gasteiger partial charge in [-0.1, -0.05) is 6.07 Å². The quantitative estimate of drug-likeness (QED) is 0.797. The van der Waals surface area contributed by atoms with Gasteiger partial charge < -0.3 is 4.74 Å². The molecule has 0 atom stereocenters. The smallest absolute Gasteiger partial charge is 0.169 e. The van der Waals surface area contributed by atoms with Crippen LogP contribution in [0, 0.1) is 0 Å². The van der Waals surface area contributed by atoms with Gasteiger partial charge in [0.1, 0.15) is 0 Å². The Morgan fingerprint density at radius 2 is 1.90 bits per heavy atom. The van der Waals surface area contributed by atoms with Crippen LogP contribution >= 0.6 is 0 Å². The molecule has 3 heterocycles. The Morgan fingerprint density at radius 3 is 2.60 bits per heavy atom. The van der Waals surface area contributed by atoms with Crippen molar-refractivity contribution < 1.29 is 9.30 Å². The van der Waals surface area contributed by atoms with Crippen LogP contribution < -0.4 is 4.57 Å². The second-order valence-electron chi connectivity index (χ2n) is 5.33. The van der Waals surface area contributed by atoms with Crippen molar-refractivity contribution in [3.05, 3.63) is 60.2 Å². The van der Waals surface area contributed by atoms with Crippen LogP contribution in [-0.2, 0) is 17.7 Å². The Kier molecular flexibility index (Phi) is 4.38. The van der Waals surface area contributed by atoms with Gasteiger partial charge in [-0.25, -0.2) is 4.57 Å². The molecular weight excluding hydrogens is 248 g/mol. The molecule has 1 fully saturated rings. The van der Waals surface area contributed by atoms with E-state index in [-0.39, 0.29) is 0 Å². The summed E-state index contributed by atoms with van der Waals surface area (Å²) in [5, 5.41) is 0. The molecule has 0 unspecified atom stereocenters. The Bertz CT molecular complexity index is 518. The molecule has 1 aliphatic rings. The van der Waals surface area contributed by atoms with E-state index < -0.39 is 0 Å². The Hall–Kier alpha value is -1.74. The van der Waals surface area contributed by atoms with E-state index in [9.17, 15) is 0 Å². The summed E-state index contributed by atoms with van der Waals surface area (Å²) < 4.78 is 7.65. The third-order valence-electron chi connectivity index (χ3n) is 3.96. The first-order valence-electron chi connectivity index (χ1n) is 7.38. The zero-order valence-corrected chi connectivity index (χ0v) is 11.7. The minimum Gasteiger partial charge on any atom is -0.381 e. The van der Waals surface area contributed by atoms with Crippen molar-refractivity contribution in [2.45, 2.75) is 31.7 Å². The lowest BCUT2D eigenvalue weighted by Crippen LogP contribution is -2.34. The standard InChI is InChI=1S/C17H21N2O/c1-2-9-18-17(3-1)6-12-19-10-4-15(5-11-19)16-7-13-20-14-8-16/h1-5,9-11,16H,6-8,12-14H2/q+1. The average Bonchev–Trinajstić information content (AvgIpc) is 2.55. The van der Waals surface area contributed by atoms with Gasteiger partial charge in [0, 0.05) is 43.7 Å². The van der Waals surface area contributed by atoms with Gasteiger partial charge >= 0.3 is 0 Å². The van der Waals surface area contributed by atoms with E-state index in [0.29, 0.717) is 5.92 Å². The lowest BCUT2D eigenvalue weighted by molar-refractivity contribution is -0.696. The third kappa shape index (κ3) is 3.42. The molecule has 0 bridgehead atoms. The van der Waals surface area contributed by atoms with Crippen LogP contribution in [0.25, 0.3) is 0 Å².